The van der Waals surface area contributed by atoms with Gasteiger partial charge in [-0.2, -0.15) is 18.4 Å². The van der Waals surface area contributed by atoms with Crippen LogP contribution in [0.1, 0.15) is 30.9 Å². The first-order valence-corrected chi connectivity index (χ1v) is 7.83. The number of nitrogens with zero attached hydrogens (tertiary/aromatic N) is 2. The Morgan fingerprint density at radius 2 is 1.92 bits per heavy atom. The molecule has 0 aromatic heterocycles. The van der Waals surface area contributed by atoms with E-state index in [9.17, 15) is 22.8 Å². The van der Waals surface area contributed by atoms with Gasteiger partial charge >= 0.3 is 6.18 Å². The summed E-state index contributed by atoms with van der Waals surface area (Å²) in [5, 5.41) is 11.3. The van der Waals surface area contributed by atoms with Crippen molar-refractivity contribution in [1.82, 2.24) is 10.2 Å². The number of carbonyl (C=O) groups excluding carboxylic acids is 2. The lowest BCUT2D eigenvalue weighted by Gasteiger charge is -2.40. The van der Waals surface area contributed by atoms with E-state index in [4.69, 9.17) is 5.26 Å². The number of hydrogen-bond donors (Lipinski definition) is 1. The lowest BCUT2D eigenvalue weighted by Crippen LogP contribution is -2.58. The maximum Gasteiger partial charge on any atom is 0.408 e. The van der Waals surface area contributed by atoms with Crippen LogP contribution >= 0.6 is 0 Å². The van der Waals surface area contributed by atoms with Crippen LogP contribution in [-0.4, -0.2) is 41.5 Å². The van der Waals surface area contributed by atoms with E-state index in [-0.39, 0.29) is 31.7 Å². The van der Waals surface area contributed by atoms with Crippen LogP contribution in [0.15, 0.2) is 24.3 Å². The number of rotatable bonds is 3. The van der Waals surface area contributed by atoms with Crippen LogP contribution < -0.4 is 5.32 Å². The van der Waals surface area contributed by atoms with Gasteiger partial charge in [-0.3, -0.25) is 9.59 Å². The third-order valence-electron chi connectivity index (χ3n) is 4.13. The molecule has 5 nitrogen and oxygen atoms in total. The lowest BCUT2D eigenvalue weighted by atomic mass is 9.96. The molecule has 1 saturated heterocycles. The van der Waals surface area contributed by atoms with Gasteiger partial charge in [0, 0.05) is 19.5 Å². The van der Waals surface area contributed by atoms with E-state index in [0.717, 1.165) is 4.90 Å². The molecule has 2 amide bonds. The second-order valence-electron chi connectivity index (χ2n) is 6.06. The van der Waals surface area contributed by atoms with E-state index in [1.54, 1.807) is 12.1 Å². The summed E-state index contributed by atoms with van der Waals surface area (Å²) in [5.74, 6) is -0.989. The van der Waals surface area contributed by atoms with E-state index >= 15 is 0 Å². The number of carbonyl (C=O) groups is 2. The van der Waals surface area contributed by atoms with Crippen molar-refractivity contribution in [2.75, 3.05) is 6.54 Å². The van der Waals surface area contributed by atoms with E-state index in [1.807, 2.05) is 6.07 Å². The summed E-state index contributed by atoms with van der Waals surface area (Å²) >= 11 is 0. The topological polar surface area (TPSA) is 73.2 Å². The maximum atomic E-state index is 13.3. The quantitative estimate of drug-likeness (QED) is 0.905. The zero-order valence-electron chi connectivity index (χ0n) is 13.6. The average molecular weight is 353 g/mol. The minimum atomic E-state index is -4.51. The average Bonchev–Trinajstić information content (AvgIpc) is 2.54. The van der Waals surface area contributed by atoms with Gasteiger partial charge in [0.1, 0.15) is 6.04 Å². The highest BCUT2D eigenvalue weighted by atomic mass is 19.4. The molecule has 0 spiro atoms. The number of halogens is 3. The predicted molar refractivity (Wildman–Crippen MR) is 83.3 cm³/mol. The second kappa shape index (κ2) is 7.55. The summed E-state index contributed by atoms with van der Waals surface area (Å²) in [6.45, 7) is 1.12. The molecule has 8 heteroatoms. The van der Waals surface area contributed by atoms with Crippen LogP contribution in [-0.2, 0) is 16.0 Å². The number of benzene rings is 1. The van der Waals surface area contributed by atoms with Gasteiger partial charge in [-0.05, 0) is 30.5 Å². The molecule has 0 aliphatic carbocycles. The number of amides is 2. The van der Waals surface area contributed by atoms with Crippen molar-refractivity contribution in [3.05, 3.63) is 35.4 Å². The van der Waals surface area contributed by atoms with Crippen molar-refractivity contribution in [2.24, 2.45) is 0 Å². The largest absolute Gasteiger partial charge is 0.408 e. The first-order chi connectivity index (χ1) is 11.7. The molecule has 0 saturated carbocycles. The third kappa shape index (κ3) is 4.95. The molecule has 1 aromatic rings. The highest BCUT2D eigenvalue weighted by Crippen LogP contribution is 2.32. The number of alkyl halides is 3. The number of piperidine rings is 1. The second-order valence-corrected chi connectivity index (χ2v) is 6.06. The van der Waals surface area contributed by atoms with E-state index < -0.39 is 24.2 Å². The van der Waals surface area contributed by atoms with Crippen LogP contribution in [0, 0.1) is 11.3 Å². The molecule has 1 fully saturated rings. The van der Waals surface area contributed by atoms with Crippen molar-refractivity contribution in [3.63, 3.8) is 0 Å². The first-order valence-electron chi connectivity index (χ1n) is 7.83. The maximum absolute atomic E-state index is 13.3. The zero-order valence-corrected chi connectivity index (χ0v) is 13.6. The smallest absolute Gasteiger partial charge is 0.352 e. The SMILES string of the molecule is CC(=O)N[C@H]1CC[C@H](C(F)(F)F)N(C(=O)Cc2ccc(C#N)cc2)C1. The van der Waals surface area contributed by atoms with Crippen LogP contribution in [0.25, 0.3) is 0 Å². The summed E-state index contributed by atoms with van der Waals surface area (Å²) in [5.41, 5.74) is 0.944. The summed E-state index contributed by atoms with van der Waals surface area (Å²) in [6, 6.07) is 5.74. The fourth-order valence-corrected chi connectivity index (χ4v) is 2.97. The Kier molecular flexibility index (Phi) is 5.67. The van der Waals surface area contributed by atoms with Gasteiger partial charge in [-0.1, -0.05) is 12.1 Å². The summed E-state index contributed by atoms with van der Waals surface area (Å²) in [7, 11) is 0. The molecule has 1 aliphatic rings. The minimum absolute atomic E-state index is 0.168. The first kappa shape index (κ1) is 18.8. The van der Waals surface area contributed by atoms with Gasteiger partial charge in [0.25, 0.3) is 0 Å². The Balaban J connectivity index is 2.14. The van der Waals surface area contributed by atoms with Gasteiger partial charge in [0.2, 0.25) is 11.8 Å². The predicted octanol–water partition coefficient (Wildman–Crippen LogP) is 2.16. The van der Waals surface area contributed by atoms with Gasteiger partial charge in [0.15, 0.2) is 0 Å². The Labute approximate surface area is 143 Å². The number of hydrogen-bond acceptors (Lipinski definition) is 3. The molecule has 0 bridgehead atoms. The van der Waals surface area contributed by atoms with Crippen LogP contribution in [0.4, 0.5) is 13.2 Å². The van der Waals surface area contributed by atoms with E-state index in [2.05, 4.69) is 5.32 Å². The molecule has 0 unspecified atom stereocenters. The Morgan fingerprint density at radius 3 is 2.44 bits per heavy atom. The highest BCUT2D eigenvalue weighted by Gasteiger charge is 2.47. The molecule has 1 heterocycles. The molecular formula is C17H18F3N3O2. The Hall–Kier alpha value is -2.56. The molecule has 2 rings (SSSR count). The molecule has 1 N–H and O–H groups in total. The fourth-order valence-electron chi connectivity index (χ4n) is 2.97. The van der Waals surface area contributed by atoms with E-state index in [1.165, 1.54) is 19.1 Å². The van der Waals surface area contributed by atoms with Crippen LogP contribution in [0.5, 0.6) is 0 Å². The van der Waals surface area contributed by atoms with Crippen LogP contribution in [0.2, 0.25) is 0 Å². The van der Waals surface area contributed by atoms with Gasteiger partial charge in [0.05, 0.1) is 18.1 Å². The summed E-state index contributed by atoms with van der Waals surface area (Å²) in [6.07, 6.45) is -4.77. The number of likely N-dealkylation sites (tertiary alicyclic amines) is 1. The van der Waals surface area contributed by atoms with Crippen LogP contribution in [0.3, 0.4) is 0 Å². The summed E-state index contributed by atoms with van der Waals surface area (Å²) in [4.78, 5) is 24.4. The minimum Gasteiger partial charge on any atom is -0.352 e. The molecule has 0 radical (unpaired) electrons. The van der Waals surface area contributed by atoms with Crippen molar-refractivity contribution in [2.45, 2.75) is 44.4 Å². The number of nitriles is 1. The standard InChI is InChI=1S/C17H18F3N3O2/c1-11(24)22-14-6-7-15(17(18,19)20)23(10-14)16(25)8-12-2-4-13(9-21)5-3-12/h2-5,14-15H,6-8,10H2,1H3,(H,22,24)/t14-,15+/m0/s1. The zero-order chi connectivity index (χ0) is 18.6. The van der Waals surface area contributed by atoms with Gasteiger partial charge < -0.3 is 10.2 Å². The molecule has 2 atom stereocenters. The Bertz CT molecular complexity index is 680. The molecule has 25 heavy (non-hydrogen) atoms. The van der Waals surface area contributed by atoms with E-state index in [0.29, 0.717) is 11.1 Å². The van der Waals surface area contributed by atoms with Gasteiger partial charge in [-0.25, -0.2) is 0 Å². The fraction of sp³-hybridized carbons (Fsp3) is 0.471. The van der Waals surface area contributed by atoms with Gasteiger partial charge in [-0.15, -0.1) is 0 Å². The number of nitrogens with one attached hydrogen (secondary N) is 1. The van der Waals surface area contributed by atoms with Crippen molar-refractivity contribution in [1.29, 1.82) is 5.26 Å². The van der Waals surface area contributed by atoms with Crippen molar-refractivity contribution in [3.8, 4) is 6.07 Å². The summed E-state index contributed by atoms with van der Waals surface area (Å²) < 4.78 is 39.8. The van der Waals surface area contributed by atoms with Crippen molar-refractivity contribution < 1.29 is 22.8 Å². The molecule has 1 aromatic carbocycles. The third-order valence-corrected chi connectivity index (χ3v) is 4.13. The highest BCUT2D eigenvalue weighted by molar-refractivity contribution is 5.79. The molecular weight excluding hydrogens is 335 g/mol. The monoisotopic (exact) mass is 353 g/mol. The Morgan fingerprint density at radius 1 is 1.28 bits per heavy atom. The lowest BCUT2D eigenvalue weighted by molar-refractivity contribution is -0.197. The molecule has 1 aliphatic heterocycles. The van der Waals surface area contributed by atoms with Crippen molar-refractivity contribution >= 4 is 11.8 Å². The molecule has 134 valence electrons. The normalized spacial score (nSPS) is 20.7.